The van der Waals surface area contributed by atoms with Crippen LogP contribution in [0.3, 0.4) is 0 Å². The molecule has 0 aliphatic carbocycles. The van der Waals surface area contributed by atoms with Gasteiger partial charge in [-0.3, -0.25) is 9.79 Å². The van der Waals surface area contributed by atoms with Gasteiger partial charge in [0.2, 0.25) is 0 Å². The number of ether oxygens (including phenoxy) is 2. The first-order valence-corrected chi connectivity index (χ1v) is 8.51. The Balaban J connectivity index is 4.80. The van der Waals surface area contributed by atoms with Crippen molar-refractivity contribution >= 4 is 18.3 Å². The molecule has 140 valence electrons. The van der Waals surface area contributed by atoms with Gasteiger partial charge in [-0.15, -0.1) is 0 Å². The number of nitrogens with zero attached hydrogens (tertiary/aromatic N) is 1. The normalized spacial score (nSPS) is 16.2. The first-order chi connectivity index (χ1) is 10.7. The fourth-order valence-electron chi connectivity index (χ4n) is 2.21. The van der Waals surface area contributed by atoms with E-state index in [1.54, 1.807) is 6.21 Å². The lowest BCUT2D eigenvalue weighted by atomic mass is 9.86. The molecule has 0 saturated carbocycles. The monoisotopic (exact) mass is 341 g/mol. The molecule has 0 aliphatic rings. The smallest absolute Gasteiger partial charge is 0.167 e. The molecule has 0 aliphatic heterocycles. The standard InChI is InChI=1S/C19H35NO4/c1-14(23-18(5,6)7)12-20-13-19(8,9)24-15(10-11-21)16(22)17(2,3)4/h11-12,14-15H,10,13H2,1-9H3. The fourth-order valence-corrected chi connectivity index (χ4v) is 2.21. The van der Waals surface area contributed by atoms with Crippen LogP contribution in [0.25, 0.3) is 0 Å². The highest BCUT2D eigenvalue weighted by molar-refractivity contribution is 5.89. The predicted octanol–water partition coefficient (Wildman–Crippen LogP) is 3.63. The largest absolute Gasteiger partial charge is 0.367 e. The summed E-state index contributed by atoms with van der Waals surface area (Å²) in [5, 5.41) is 0. The molecule has 0 aromatic carbocycles. The third kappa shape index (κ3) is 9.93. The van der Waals surface area contributed by atoms with Gasteiger partial charge in [0.15, 0.2) is 5.78 Å². The van der Waals surface area contributed by atoms with Crippen molar-refractivity contribution in [1.82, 2.24) is 0 Å². The molecule has 2 unspecified atom stereocenters. The van der Waals surface area contributed by atoms with Gasteiger partial charge < -0.3 is 14.3 Å². The number of carbonyl (C=O) groups excluding carboxylic acids is 2. The maximum Gasteiger partial charge on any atom is 0.167 e. The Hall–Kier alpha value is -1.07. The number of Topliss-reactive ketones (excluding diaryl/α,β-unsaturated/α-hetero) is 1. The zero-order chi connectivity index (χ0) is 19.2. The Morgan fingerprint density at radius 3 is 2.00 bits per heavy atom. The molecule has 5 heteroatoms. The van der Waals surface area contributed by atoms with Crippen molar-refractivity contribution in [3.63, 3.8) is 0 Å². The van der Waals surface area contributed by atoms with Gasteiger partial charge in [0, 0.05) is 18.1 Å². The third-order valence-electron chi connectivity index (χ3n) is 3.13. The van der Waals surface area contributed by atoms with E-state index in [4.69, 9.17) is 9.47 Å². The van der Waals surface area contributed by atoms with Gasteiger partial charge in [-0.1, -0.05) is 20.8 Å². The molecule has 0 aromatic rings. The van der Waals surface area contributed by atoms with Crippen molar-refractivity contribution in [1.29, 1.82) is 0 Å². The van der Waals surface area contributed by atoms with Gasteiger partial charge in [0.25, 0.3) is 0 Å². The molecule has 2 atom stereocenters. The van der Waals surface area contributed by atoms with Gasteiger partial charge in [-0.2, -0.15) is 0 Å². The number of rotatable bonds is 9. The summed E-state index contributed by atoms with van der Waals surface area (Å²) in [7, 11) is 0. The Bertz CT molecular complexity index is 441. The molecule has 0 radical (unpaired) electrons. The van der Waals surface area contributed by atoms with Crippen molar-refractivity contribution in [2.75, 3.05) is 6.54 Å². The minimum Gasteiger partial charge on any atom is -0.367 e. The lowest BCUT2D eigenvalue weighted by Gasteiger charge is -2.31. The van der Waals surface area contributed by atoms with Crippen LogP contribution < -0.4 is 0 Å². The van der Waals surface area contributed by atoms with Gasteiger partial charge in [0.1, 0.15) is 12.4 Å². The quantitative estimate of drug-likeness (QED) is 0.474. The summed E-state index contributed by atoms with van der Waals surface area (Å²) in [5.74, 6) is -0.0731. The topological polar surface area (TPSA) is 65.0 Å². The lowest BCUT2D eigenvalue weighted by Crippen LogP contribution is -2.42. The van der Waals surface area contributed by atoms with Crippen LogP contribution in [0, 0.1) is 5.41 Å². The van der Waals surface area contributed by atoms with Gasteiger partial charge in [-0.25, -0.2) is 0 Å². The van der Waals surface area contributed by atoms with E-state index in [-0.39, 0.29) is 23.9 Å². The molecule has 0 fully saturated rings. The molecular formula is C19H35NO4. The Morgan fingerprint density at radius 2 is 1.58 bits per heavy atom. The van der Waals surface area contributed by atoms with Crippen LogP contribution in [0.1, 0.15) is 68.7 Å². The second-order valence-corrected chi connectivity index (χ2v) is 8.81. The maximum absolute atomic E-state index is 12.4. The van der Waals surface area contributed by atoms with E-state index in [2.05, 4.69) is 4.99 Å². The van der Waals surface area contributed by atoms with Crippen molar-refractivity contribution in [3.8, 4) is 0 Å². The average molecular weight is 341 g/mol. The van der Waals surface area contributed by atoms with Gasteiger partial charge >= 0.3 is 0 Å². The number of ketones is 1. The Labute approximate surface area is 147 Å². The molecule has 0 bridgehead atoms. The van der Waals surface area contributed by atoms with Crippen LogP contribution in [0.4, 0.5) is 0 Å². The van der Waals surface area contributed by atoms with Crippen molar-refractivity contribution in [2.24, 2.45) is 10.4 Å². The van der Waals surface area contributed by atoms with E-state index in [9.17, 15) is 9.59 Å². The fraction of sp³-hybridized carbons (Fsp3) is 0.842. The van der Waals surface area contributed by atoms with E-state index in [0.717, 1.165) is 6.29 Å². The zero-order valence-corrected chi connectivity index (χ0v) is 16.8. The van der Waals surface area contributed by atoms with E-state index in [0.29, 0.717) is 6.54 Å². The molecule has 0 amide bonds. The maximum atomic E-state index is 12.4. The number of carbonyl (C=O) groups is 2. The van der Waals surface area contributed by atoms with E-state index in [1.165, 1.54) is 0 Å². The van der Waals surface area contributed by atoms with Gasteiger partial charge in [0.05, 0.1) is 23.9 Å². The predicted molar refractivity (Wildman–Crippen MR) is 97.8 cm³/mol. The Kier molecular flexibility index (Phi) is 8.46. The number of hydrogen-bond donors (Lipinski definition) is 0. The van der Waals surface area contributed by atoms with Crippen molar-refractivity contribution in [2.45, 2.75) is 92.1 Å². The second kappa shape index (κ2) is 8.86. The molecule has 0 spiro atoms. The second-order valence-electron chi connectivity index (χ2n) is 8.81. The van der Waals surface area contributed by atoms with Gasteiger partial charge in [-0.05, 0) is 41.5 Å². The third-order valence-corrected chi connectivity index (χ3v) is 3.13. The van der Waals surface area contributed by atoms with Crippen LogP contribution in [0.2, 0.25) is 0 Å². The van der Waals surface area contributed by atoms with Crippen LogP contribution in [0.5, 0.6) is 0 Å². The van der Waals surface area contributed by atoms with Crippen molar-refractivity contribution < 1.29 is 19.1 Å². The highest BCUT2D eigenvalue weighted by Gasteiger charge is 2.34. The van der Waals surface area contributed by atoms with Crippen molar-refractivity contribution in [3.05, 3.63) is 0 Å². The molecule has 5 nitrogen and oxygen atoms in total. The summed E-state index contributed by atoms with van der Waals surface area (Å²) in [6.45, 7) is 17.5. The Morgan fingerprint density at radius 1 is 1.04 bits per heavy atom. The highest BCUT2D eigenvalue weighted by atomic mass is 16.5. The SMILES string of the molecule is CC(C=NCC(C)(C)OC(CC=O)C(=O)C(C)(C)C)OC(C)(C)C. The van der Waals surface area contributed by atoms with Crippen LogP contribution in [-0.4, -0.2) is 48.2 Å². The average Bonchev–Trinajstić information content (AvgIpc) is 2.33. The summed E-state index contributed by atoms with van der Waals surface area (Å²) in [6.07, 6.45) is 1.69. The summed E-state index contributed by atoms with van der Waals surface area (Å²) < 4.78 is 11.7. The first-order valence-electron chi connectivity index (χ1n) is 8.51. The minimum atomic E-state index is -0.740. The van der Waals surface area contributed by atoms with Crippen LogP contribution in [0.15, 0.2) is 4.99 Å². The highest BCUT2D eigenvalue weighted by Crippen LogP contribution is 2.23. The summed E-state index contributed by atoms with van der Waals surface area (Å²) in [6, 6.07) is 0. The lowest BCUT2D eigenvalue weighted by molar-refractivity contribution is -0.150. The molecule has 0 saturated heterocycles. The molecule has 24 heavy (non-hydrogen) atoms. The number of aliphatic imine (C=N–C) groups is 1. The molecule has 0 aromatic heterocycles. The van der Waals surface area contributed by atoms with E-state index >= 15 is 0 Å². The molecule has 0 heterocycles. The zero-order valence-electron chi connectivity index (χ0n) is 16.8. The van der Waals surface area contributed by atoms with E-state index in [1.807, 2.05) is 62.3 Å². The molecule has 0 rings (SSSR count). The summed E-state index contributed by atoms with van der Waals surface area (Å²) in [5.41, 5.74) is -1.43. The van der Waals surface area contributed by atoms with Crippen LogP contribution in [-0.2, 0) is 19.1 Å². The number of aldehydes is 1. The first kappa shape index (κ1) is 22.9. The summed E-state index contributed by atoms with van der Waals surface area (Å²) in [4.78, 5) is 27.7. The molecule has 0 N–H and O–H groups in total. The number of hydrogen-bond acceptors (Lipinski definition) is 5. The van der Waals surface area contributed by atoms with E-state index < -0.39 is 17.1 Å². The molecular weight excluding hydrogens is 306 g/mol. The minimum absolute atomic E-state index is 0.0623. The summed E-state index contributed by atoms with van der Waals surface area (Å²) >= 11 is 0. The van der Waals surface area contributed by atoms with Crippen LogP contribution >= 0.6 is 0 Å².